The topological polar surface area (TPSA) is 64.0 Å². The average molecular weight is 471 g/mol. The molecule has 1 amide bonds. The minimum Gasteiger partial charge on any atom is -0.320 e. The molecule has 5 nitrogen and oxygen atoms in total. The van der Waals surface area contributed by atoms with Crippen molar-refractivity contribution in [2.24, 2.45) is 0 Å². The van der Waals surface area contributed by atoms with E-state index >= 15 is 0 Å². The first-order chi connectivity index (χ1) is 12.3. The molecule has 0 fully saturated rings. The molecule has 1 heterocycles. The Morgan fingerprint density at radius 3 is 2.23 bits per heavy atom. The fourth-order valence-corrected chi connectivity index (χ4v) is 2.43. The van der Waals surface area contributed by atoms with Crippen LogP contribution in [0, 0.1) is 21.0 Å². The molecule has 9 heteroatoms. The van der Waals surface area contributed by atoms with Gasteiger partial charge in [0.05, 0.1) is 9.26 Å². The molecule has 3 rings (SSSR count). The summed E-state index contributed by atoms with van der Waals surface area (Å²) in [5, 5.41) is 6.23. The van der Waals surface area contributed by atoms with Crippen LogP contribution >= 0.6 is 22.6 Å². The van der Waals surface area contributed by atoms with Gasteiger partial charge in [-0.25, -0.2) is 13.2 Å². The molecule has 132 valence electrons. The van der Waals surface area contributed by atoms with Crippen LogP contribution in [-0.2, 0) is 0 Å². The highest BCUT2D eigenvalue weighted by atomic mass is 127. The standard InChI is InChI=1S/C17H9F3IN3O2/c18-9-1-3-11(4-2-9)24-15(25)6-5-14(23-24)17(26)22-10-7-12(19)16(21)13(20)8-10/h1-8H,(H,22,26). The number of halogens is 4. The Morgan fingerprint density at radius 1 is 1.00 bits per heavy atom. The van der Waals surface area contributed by atoms with Crippen molar-refractivity contribution in [3.05, 3.63) is 85.6 Å². The Kier molecular flexibility index (Phi) is 5.07. The molecule has 3 aromatic rings. The molecule has 0 unspecified atom stereocenters. The molecular weight excluding hydrogens is 462 g/mol. The molecule has 0 aliphatic rings. The molecule has 0 atom stereocenters. The molecular formula is C17H9F3IN3O2. The van der Waals surface area contributed by atoms with Crippen molar-refractivity contribution >= 4 is 34.2 Å². The highest BCUT2D eigenvalue weighted by Crippen LogP contribution is 2.20. The summed E-state index contributed by atoms with van der Waals surface area (Å²) < 4.78 is 40.9. The van der Waals surface area contributed by atoms with Gasteiger partial charge in [-0.2, -0.15) is 9.78 Å². The number of benzene rings is 2. The maximum atomic E-state index is 13.6. The maximum Gasteiger partial charge on any atom is 0.276 e. The summed E-state index contributed by atoms with van der Waals surface area (Å²) in [6.45, 7) is 0. The van der Waals surface area contributed by atoms with Crippen LogP contribution in [0.5, 0.6) is 0 Å². The largest absolute Gasteiger partial charge is 0.320 e. The smallest absolute Gasteiger partial charge is 0.276 e. The first-order valence-corrected chi connectivity index (χ1v) is 8.25. The van der Waals surface area contributed by atoms with Crippen LogP contribution in [0.4, 0.5) is 18.9 Å². The van der Waals surface area contributed by atoms with Crippen LogP contribution in [0.1, 0.15) is 10.5 Å². The Labute approximate surface area is 158 Å². The molecule has 0 aliphatic heterocycles. The number of anilines is 1. The van der Waals surface area contributed by atoms with E-state index in [-0.39, 0.29) is 20.6 Å². The van der Waals surface area contributed by atoms with E-state index in [0.717, 1.165) is 35.0 Å². The SMILES string of the molecule is O=C(Nc1cc(F)c(I)c(F)c1)c1ccc(=O)n(-c2ccc(F)cc2)n1. The lowest BCUT2D eigenvalue weighted by Crippen LogP contribution is -2.25. The minimum absolute atomic E-state index is 0.0910. The van der Waals surface area contributed by atoms with E-state index < -0.39 is 28.9 Å². The summed E-state index contributed by atoms with van der Waals surface area (Å²) in [7, 11) is 0. The Morgan fingerprint density at radius 2 is 1.62 bits per heavy atom. The Balaban J connectivity index is 1.92. The fourth-order valence-electron chi connectivity index (χ4n) is 2.12. The minimum atomic E-state index is -0.815. The van der Waals surface area contributed by atoms with Gasteiger partial charge in [0.25, 0.3) is 11.5 Å². The molecule has 0 saturated carbocycles. The second-order valence-corrected chi connectivity index (χ2v) is 6.23. The first kappa shape index (κ1) is 18.1. The first-order valence-electron chi connectivity index (χ1n) is 7.17. The zero-order valence-corrected chi connectivity index (χ0v) is 15.0. The molecule has 0 saturated heterocycles. The van der Waals surface area contributed by atoms with E-state index in [0.29, 0.717) is 0 Å². The highest BCUT2D eigenvalue weighted by molar-refractivity contribution is 14.1. The third-order valence-electron chi connectivity index (χ3n) is 3.35. The molecule has 0 aliphatic carbocycles. The monoisotopic (exact) mass is 471 g/mol. The van der Waals surface area contributed by atoms with E-state index in [1.807, 2.05) is 0 Å². The van der Waals surface area contributed by atoms with Gasteiger partial charge in [-0.1, -0.05) is 0 Å². The van der Waals surface area contributed by atoms with E-state index in [9.17, 15) is 22.8 Å². The van der Waals surface area contributed by atoms with Gasteiger partial charge in [0.15, 0.2) is 0 Å². The number of nitrogens with one attached hydrogen (secondary N) is 1. The lowest BCUT2D eigenvalue weighted by Gasteiger charge is -2.09. The van der Waals surface area contributed by atoms with E-state index in [4.69, 9.17) is 0 Å². The predicted molar refractivity (Wildman–Crippen MR) is 96.8 cm³/mol. The average Bonchev–Trinajstić information content (AvgIpc) is 2.61. The lowest BCUT2D eigenvalue weighted by atomic mass is 10.2. The van der Waals surface area contributed by atoms with Crippen LogP contribution < -0.4 is 10.9 Å². The van der Waals surface area contributed by atoms with Gasteiger partial charge in [0.2, 0.25) is 0 Å². The zero-order valence-electron chi connectivity index (χ0n) is 12.8. The Bertz CT molecular complexity index is 1030. The highest BCUT2D eigenvalue weighted by Gasteiger charge is 2.14. The molecule has 0 bridgehead atoms. The van der Waals surface area contributed by atoms with Crippen LogP contribution in [0.25, 0.3) is 5.69 Å². The molecule has 0 spiro atoms. The molecule has 26 heavy (non-hydrogen) atoms. The molecule has 2 aromatic carbocycles. The number of carbonyl (C=O) groups is 1. The number of amides is 1. The van der Waals surface area contributed by atoms with Crippen LogP contribution in [0.3, 0.4) is 0 Å². The van der Waals surface area contributed by atoms with Gasteiger partial charge in [0.1, 0.15) is 23.1 Å². The van der Waals surface area contributed by atoms with E-state index in [1.54, 1.807) is 0 Å². The second kappa shape index (κ2) is 7.28. The summed E-state index contributed by atoms with van der Waals surface area (Å²) in [6.07, 6.45) is 0. The third kappa shape index (κ3) is 3.77. The number of rotatable bonds is 3. The van der Waals surface area contributed by atoms with Crippen molar-refractivity contribution in [3.63, 3.8) is 0 Å². The van der Waals surface area contributed by atoms with Gasteiger partial charge in [-0.05, 0) is 65.1 Å². The quantitative estimate of drug-likeness (QED) is 0.470. The van der Waals surface area contributed by atoms with Crippen LogP contribution in [0.15, 0.2) is 53.3 Å². The van der Waals surface area contributed by atoms with Gasteiger partial charge in [0, 0.05) is 11.8 Å². The molecule has 0 radical (unpaired) electrons. The number of nitrogens with zero attached hydrogens (tertiary/aromatic N) is 2. The lowest BCUT2D eigenvalue weighted by molar-refractivity contribution is 0.102. The number of hydrogen-bond acceptors (Lipinski definition) is 3. The van der Waals surface area contributed by atoms with Crippen LogP contribution in [-0.4, -0.2) is 15.7 Å². The van der Waals surface area contributed by atoms with Crippen molar-refractivity contribution in [1.82, 2.24) is 9.78 Å². The van der Waals surface area contributed by atoms with Gasteiger partial charge >= 0.3 is 0 Å². The van der Waals surface area contributed by atoms with Gasteiger partial charge in [-0.15, -0.1) is 0 Å². The third-order valence-corrected chi connectivity index (χ3v) is 4.38. The molecule has 1 N–H and O–H groups in total. The predicted octanol–water partition coefficient (Wildman–Crippen LogP) is 3.51. The number of hydrogen-bond donors (Lipinski definition) is 1. The summed E-state index contributed by atoms with van der Waals surface area (Å²) >= 11 is 1.51. The van der Waals surface area contributed by atoms with E-state index in [2.05, 4.69) is 10.4 Å². The summed E-state index contributed by atoms with van der Waals surface area (Å²) in [6, 6.07) is 9.18. The van der Waals surface area contributed by atoms with Crippen molar-refractivity contribution < 1.29 is 18.0 Å². The van der Waals surface area contributed by atoms with Crippen molar-refractivity contribution in [2.75, 3.05) is 5.32 Å². The number of aromatic nitrogens is 2. The Hall–Kier alpha value is -2.69. The van der Waals surface area contributed by atoms with Gasteiger partial charge in [-0.3, -0.25) is 9.59 Å². The van der Waals surface area contributed by atoms with Gasteiger partial charge < -0.3 is 5.32 Å². The number of carbonyl (C=O) groups excluding carboxylic acids is 1. The van der Waals surface area contributed by atoms with Crippen molar-refractivity contribution in [3.8, 4) is 5.69 Å². The summed E-state index contributed by atoms with van der Waals surface area (Å²) in [5.41, 5.74) is -0.517. The second-order valence-electron chi connectivity index (χ2n) is 5.15. The summed E-state index contributed by atoms with van der Waals surface area (Å²) in [4.78, 5) is 24.2. The summed E-state index contributed by atoms with van der Waals surface area (Å²) in [5.74, 6) is -2.88. The normalized spacial score (nSPS) is 10.6. The maximum absolute atomic E-state index is 13.6. The van der Waals surface area contributed by atoms with E-state index in [1.165, 1.54) is 40.8 Å². The van der Waals surface area contributed by atoms with Crippen molar-refractivity contribution in [1.29, 1.82) is 0 Å². The zero-order chi connectivity index (χ0) is 18.8. The van der Waals surface area contributed by atoms with Crippen molar-refractivity contribution in [2.45, 2.75) is 0 Å². The molecule has 1 aromatic heterocycles. The van der Waals surface area contributed by atoms with Crippen LogP contribution in [0.2, 0.25) is 0 Å². The fraction of sp³-hybridized carbons (Fsp3) is 0.